The van der Waals surface area contributed by atoms with Gasteiger partial charge < -0.3 is 15.1 Å². The van der Waals surface area contributed by atoms with Gasteiger partial charge in [0, 0.05) is 32.4 Å². The zero-order valence-corrected chi connectivity index (χ0v) is 14.8. The quantitative estimate of drug-likeness (QED) is 0.871. The van der Waals surface area contributed by atoms with Gasteiger partial charge in [0.2, 0.25) is 0 Å². The summed E-state index contributed by atoms with van der Waals surface area (Å²) in [5.74, 6) is 1.81. The van der Waals surface area contributed by atoms with Crippen LogP contribution in [0.15, 0.2) is 18.3 Å². The van der Waals surface area contributed by atoms with Gasteiger partial charge in [0.1, 0.15) is 5.82 Å². The SMILES string of the molecule is CCCNC(=O)c1ccc(N2CCC(CN3CCCC3)CC2)nc1. The molecule has 2 fully saturated rings. The molecule has 24 heavy (non-hydrogen) atoms. The molecule has 0 atom stereocenters. The minimum absolute atomic E-state index is 0.0276. The molecule has 0 unspecified atom stereocenters. The topological polar surface area (TPSA) is 48.5 Å². The molecule has 5 heteroatoms. The second-order valence-corrected chi connectivity index (χ2v) is 7.10. The average molecular weight is 330 g/mol. The van der Waals surface area contributed by atoms with Crippen molar-refractivity contribution in [3.8, 4) is 0 Å². The van der Waals surface area contributed by atoms with E-state index in [1.54, 1.807) is 6.20 Å². The lowest BCUT2D eigenvalue weighted by molar-refractivity contribution is 0.0953. The van der Waals surface area contributed by atoms with Crippen LogP contribution in [0.2, 0.25) is 0 Å². The molecule has 3 heterocycles. The first kappa shape index (κ1) is 17.2. The van der Waals surface area contributed by atoms with E-state index in [0.717, 1.165) is 31.2 Å². The van der Waals surface area contributed by atoms with Gasteiger partial charge in [-0.15, -0.1) is 0 Å². The first-order valence-corrected chi connectivity index (χ1v) is 9.48. The number of nitrogens with one attached hydrogen (secondary N) is 1. The van der Waals surface area contributed by atoms with Crippen LogP contribution in [0.4, 0.5) is 5.82 Å². The first-order valence-electron chi connectivity index (χ1n) is 9.48. The number of pyridine rings is 1. The van der Waals surface area contributed by atoms with Crippen molar-refractivity contribution in [1.82, 2.24) is 15.2 Å². The van der Waals surface area contributed by atoms with Gasteiger partial charge in [-0.05, 0) is 63.2 Å². The van der Waals surface area contributed by atoms with Gasteiger partial charge in [0.05, 0.1) is 5.56 Å². The monoisotopic (exact) mass is 330 g/mol. The van der Waals surface area contributed by atoms with Gasteiger partial charge in [0.25, 0.3) is 5.91 Å². The Balaban J connectivity index is 1.48. The number of amides is 1. The predicted molar refractivity (Wildman–Crippen MR) is 97.5 cm³/mol. The van der Waals surface area contributed by atoms with Crippen molar-refractivity contribution >= 4 is 11.7 Å². The molecule has 0 spiro atoms. The summed E-state index contributed by atoms with van der Waals surface area (Å²) in [5, 5.41) is 2.89. The fraction of sp³-hybridized carbons (Fsp3) is 0.684. The minimum Gasteiger partial charge on any atom is -0.357 e. The Morgan fingerprint density at radius 1 is 1.21 bits per heavy atom. The fourth-order valence-electron chi connectivity index (χ4n) is 3.72. The van der Waals surface area contributed by atoms with Crippen LogP contribution in [0.25, 0.3) is 0 Å². The van der Waals surface area contributed by atoms with Gasteiger partial charge in [0.15, 0.2) is 0 Å². The smallest absolute Gasteiger partial charge is 0.252 e. The summed E-state index contributed by atoms with van der Waals surface area (Å²) in [6.45, 7) is 8.78. The van der Waals surface area contributed by atoms with Gasteiger partial charge in [-0.3, -0.25) is 4.79 Å². The summed E-state index contributed by atoms with van der Waals surface area (Å²) in [6.07, 6.45) is 7.90. The number of anilines is 1. The molecular weight excluding hydrogens is 300 g/mol. The lowest BCUT2D eigenvalue weighted by Gasteiger charge is -2.34. The summed E-state index contributed by atoms with van der Waals surface area (Å²) in [6, 6.07) is 3.88. The van der Waals surface area contributed by atoms with Crippen molar-refractivity contribution in [2.24, 2.45) is 5.92 Å². The third kappa shape index (κ3) is 4.47. The molecule has 2 saturated heterocycles. The molecule has 132 valence electrons. The number of piperidine rings is 1. The minimum atomic E-state index is -0.0276. The zero-order valence-electron chi connectivity index (χ0n) is 14.8. The van der Waals surface area contributed by atoms with E-state index in [-0.39, 0.29) is 5.91 Å². The second-order valence-electron chi connectivity index (χ2n) is 7.10. The summed E-state index contributed by atoms with van der Waals surface area (Å²) < 4.78 is 0. The Morgan fingerprint density at radius 3 is 2.58 bits per heavy atom. The third-order valence-corrected chi connectivity index (χ3v) is 5.20. The molecule has 1 aromatic heterocycles. The van der Waals surface area contributed by atoms with Crippen molar-refractivity contribution in [3.05, 3.63) is 23.9 Å². The molecule has 5 nitrogen and oxygen atoms in total. The lowest BCUT2D eigenvalue weighted by Crippen LogP contribution is -2.38. The van der Waals surface area contributed by atoms with Crippen molar-refractivity contribution in [1.29, 1.82) is 0 Å². The lowest BCUT2D eigenvalue weighted by atomic mass is 9.96. The van der Waals surface area contributed by atoms with Crippen molar-refractivity contribution in [2.75, 3.05) is 44.2 Å². The van der Waals surface area contributed by atoms with E-state index in [2.05, 4.69) is 27.0 Å². The molecule has 0 aromatic carbocycles. The zero-order chi connectivity index (χ0) is 16.8. The fourth-order valence-corrected chi connectivity index (χ4v) is 3.72. The number of rotatable bonds is 6. The molecular formula is C19H30N4O. The Bertz CT molecular complexity index is 517. The maximum Gasteiger partial charge on any atom is 0.252 e. The van der Waals surface area contributed by atoms with E-state index in [4.69, 9.17) is 0 Å². The maximum absolute atomic E-state index is 11.9. The first-order chi connectivity index (χ1) is 11.8. The van der Waals surface area contributed by atoms with E-state index in [1.165, 1.54) is 45.3 Å². The largest absolute Gasteiger partial charge is 0.357 e. The highest BCUT2D eigenvalue weighted by molar-refractivity contribution is 5.94. The van der Waals surface area contributed by atoms with Crippen molar-refractivity contribution < 1.29 is 4.79 Å². The third-order valence-electron chi connectivity index (χ3n) is 5.20. The van der Waals surface area contributed by atoms with E-state index >= 15 is 0 Å². The summed E-state index contributed by atoms with van der Waals surface area (Å²) in [5.41, 5.74) is 0.649. The number of aromatic nitrogens is 1. The molecule has 0 saturated carbocycles. The molecule has 1 N–H and O–H groups in total. The average Bonchev–Trinajstić information content (AvgIpc) is 3.13. The van der Waals surface area contributed by atoms with Gasteiger partial charge in [-0.1, -0.05) is 6.92 Å². The van der Waals surface area contributed by atoms with Gasteiger partial charge >= 0.3 is 0 Å². The highest BCUT2D eigenvalue weighted by atomic mass is 16.1. The number of nitrogens with zero attached hydrogens (tertiary/aromatic N) is 3. The highest BCUT2D eigenvalue weighted by Gasteiger charge is 2.23. The number of carbonyl (C=O) groups excluding carboxylic acids is 1. The maximum atomic E-state index is 11.9. The predicted octanol–water partition coefficient (Wildman–Crippen LogP) is 2.53. The van der Waals surface area contributed by atoms with Crippen LogP contribution in [-0.4, -0.2) is 55.1 Å². The van der Waals surface area contributed by atoms with E-state index in [9.17, 15) is 4.79 Å². The van der Waals surface area contributed by atoms with Crippen LogP contribution in [0, 0.1) is 5.92 Å². The van der Waals surface area contributed by atoms with E-state index in [1.807, 2.05) is 12.1 Å². The number of likely N-dealkylation sites (tertiary alicyclic amines) is 1. The van der Waals surface area contributed by atoms with Crippen LogP contribution in [0.1, 0.15) is 49.4 Å². The van der Waals surface area contributed by atoms with Crippen LogP contribution in [-0.2, 0) is 0 Å². The summed E-state index contributed by atoms with van der Waals surface area (Å²) in [4.78, 5) is 21.4. The Kier molecular flexibility index (Phi) is 6.07. The molecule has 1 amide bonds. The number of carbonyl (C=O) groups is 1. The second kappa shape index (κ2) is 8.47. The molecule has 2 aliphatic heterocycles. The summed E-state index contributed by atoms with van der Waals surface area (Å²) in [7, 11) is 0. The standard InChI is InChI=1S/C19H30N4O/c1-2-9-20-19(24)17-5-6-18(21-14-17)23-12-7-16(8-13-23)15-22-10-3-4-11-22/h5-6,14,16H,2-4,7-13,15H2,1H3,(H,20,24). The van der Waals surface area contributed by atoms with Crippen molar-refractivity contribution in [3.63, 3.8) is 0 Å². The molecule has 0 bridgehead atoms. The molecule has 0 aliphatic carbocycles. The molecule has 1 aromatic rings. The Labute approximate surface area is 145 Å². The Morgan fingerprint density at radius 2 is 1.96 bits per heavy atom. The Hall–Kier alpha value is -1.62. The molecule has 2 aliphatic rings. The molecule has 0 radical (unpaired) electrons. The molecule has 3 rings (SSSR count). The highest BCUT2D eigenvalue weighted by Crippen LogP contribution is 2.23. The van der Waals surface area contributed by atoms with Crippen LogP contribution in [0.5, 0.6) is 0 Å². The van der Waals surface area contributed by atoms with Crippen molar-refractivity contribution in [2.45, 2.75) is 39.0 Å². The number of hydrogen-bond donors (Lipinski definition) is 1. The van der Waals surface area contributed by atoms with Gasteiger partial charge in [-0.2, -0.15) is 0 Å². The summed E-state index contributed by atoms with van der Waals surface area (Å²) >= 11 is 0. The van der Waals surface area contributed by atoms with E-state index < -0.39 is 0 Å². The normalized spacial score (nSPS) is 19.6. The van der Waals surface area contributed by atoms with Crippen LogP contribution in [0.3, 0.4) is 0 Å². The van der Waals surface area contributed by atoms with Crippen LogP contribution >= 0.6 is 0 Å². The van der Waals surface area contributed by atoms with E-state index in [0.29, 0.717) is 12.1 Å². The van der Waals surface area contributed by atoms with Gasteiger partial charge in [-0.25, -0.2) is 4.98 Å². The number of hydrogen-bond acceptors (Lipinski definition) is 4. The van der Waals surface area contributed by atoms with Crippen LogP contribution < -0.4 is 10.2 Å².